The lowest BCUT2D eigenvalue weighted by Gasteiger charge is -2.48. The van der Waals surface area contributed by atoms with E-state index in [9.17, 15) is 24.9 Å². The van der Waals surface area contributed by atoms with E-state index < -0.39 is 41.7 Å². The Morgan fingerprint density at radius 3 is 2.26 bits per heavy atom. The van der Waals surface area contributed by atoms with Crippen molar-refractivity contribution in [3.05, 3.63) is 23.3 Å². The molecule has 5 aliphatic rings. The fraction of sp³-hybridized carbons (Fsp3) is 0.786. The summed E-state index contributed by atoms with van der Waals surface area (Å²) in [6.07, 6.45) is 1.53. The molecule has 0 unspecified atom stereocenters. The van der Waals surface area contributed by atoms with Crippen LogP contribution in [0.25, 0.3) is 0 Å². The summed E-state index contributed by atoms with van der Waals surface area (Å²) in [5, 5.41) is 34.2. The van der Waals surface area contributed by atoms with Gasteiger partial charge in [-0.3, -0.25) is 9.59 Å². The number of allylic oxidation sites excluding steroid dienone is 1. The van der Waals surface area contributed by atoms with Crippen LogP contribution in [0.4, 0.5) is 0 Å². The van der Waals surface area contributed by atoms with Crippen LogP contribution in [0.5, 0.6) is 0 Å². The number of carbonyl (C=O) groups is 2. The highest BCUT2D eigenvalue weighted by atomic mass is 16.6. The van der Waals surface area contributed by atoms with E-state index in [2.05, 4.69) is 13.8 Å². The largest absolute Gasteiger partial charge is 0.454 e. The molecule has 0 saturated heterocycles. The SMILES string of the molecule is CC1=C[C@]23C(=O)[C@@H](C=C(CO)[C@@H](O)[C@]2(O)[C@H]1OC(=O)C1C(C)(C)C1(C)C)[C@H]1[C@@H](C[C@H]3C)C1(C)C. The molecule has 5 aliphatic carbocycles. The van der Waals surface area contributed by atoms with E-state index in [-0.39, 0.29) is 45.4 Å². The van der Waals surface area contributed by atoms with Gasteiger partial charge in [-0.25, -0.2) is 0 Å². The lowest BCUT2D eigenvalue weighted by Crippen LogP contribution is -2.66. The van der Waals surface area contributed by atoms with Crippen LogP contribution < -0.4 is 0 Å². The van der Waals surface area contributed by atoms with Gasteiger partial charge in [0.1, 0.15) is 6.10 Å². The maximum absolute atomic E-state index is 14.3. The standard InChI is InChI=1S/C28H40O6/c1-13-11-27-14(2)9-17-18(24(17,3)4)16(21(27)31)10-15(12-29)20(30)28(27,33)22(13)34-23(32)19-25(5,6)26(19,7)8/h10-11,14,16-20,22,29-30,33H,9,12H2,1-8H3/t14-,16+,17-,18+,20-,22+,27+,28+/m1/s1. The highest BCUT2D eigenvalue weighted by molar-refractivity contribution is 5.95. The van der Waals surface area contributed by atoms with Crippen molar-refractivity contribution in [2.24, 2.45) is 51.2 Å². The monoisotopic (exact) mass is 472 g/mol. The Balaban J connectivity index is 1.62. The summed E-state index contributed by atoms with van der Waals surface area (Å²) in [4.78, 5) is 27.7. The number of esters is 1. The van der Waals surface area contributed by atoms with Crippen molar-refractivity contribution in [1.29, 1.82) is 0 Å². The van der Waals surface area contributed by atoms with Crippen LogP contribution in [0.3, 0.4) is 0 Å². The summed E-state index contributed by atoms with van der Waals surface area (Å²) < 4.78 is 6.03. The quantitative estimate of drug-likeness (QED) is 0.431. The Morgan fingerprint density at radius 1 is 1.15 bits per heavy atom. The molecule has 1 spiro atoms. The number of hydrogen-bond donors (Lipinski definition) is 3. The summed E-state index contributed by atoms with van der Waals surface area (Å²) in [7, 11) is 0. The van der Waals surface area contributed by atoms with E-state index in [0.717, 1.165) is 6.42 Å². The molecular weight excluding hydrogens is 432 g/mol. The highest BCUT2D eigenvalue weighted by Crippen LogP contribution is 2.72. The smallest absolute Gasteiger partial charge is 0.310 e. The van der Waals surface area contributed by atoms with Crippen LogP contribution in [-0.2, 0) is 14.3 Å². The summed E-state index contributed by atoms with van der Waals surface area (Å²) in [6, 6.07) is 0. The molecule has 3 N–H and O–H groups in total. The van der Waals surface area contributed by atoms with Gasteiger partial charge < -0.3 is 20.1 Å². The van der Waals surface area contributed by atoms with Gasteiger partial charge in [0.05, 0.1) is 17.9 Å². The van der Waals surface area contributed by atoms with Crippen molar-refractivity contribution in [1.82, 2.24) is 0 Å². The molecule has 0 aromatic heterocycles. The highest BCUT2D eigenvalue weighted by Gasteiger charge is 2.77. The summed E-state index contributed by atoms with van der Waals surface area (Å²) in [6.45, 7) is 15.7. The zero-order valence-electron chi connectivity index (χ0n) is 21.7. The fourth-order valence-electron chi connectivity index (χ4n) is 8.56. The molecular formula is C28H40O6. The van der Waals surface area contributed by atoms with Crippen LogP contribution in [0.2, 0.25) is 0 Å². The molecule has 0 heterocycles. The van der Waals surface area contributed by atoms with E-state index >= 15 is 0 Å². The predicted molar refractivity (Wildman–Crippen MR) is 126 cm³/mol. The number of aliphatic hydroxyl groups is 3. The molecule has 5 rings (SSSR count). The van der Waals surface area contributed by atoms with Crippen molar-refractivity contribution in [3.8, 4) is 0 Å². The van der Waals surface area contributed by atoms with E-state index in [1.54, 1.807) is 19.1 Å². The third-order valence-electron chi connectivity index (χ3n) is 11.4. The second kappa shape index (κ2) is 6.63. The van der Waals surface area contributed by atoms with Gasteiger partial charge in [-0.05, 0) is 58.5 Å². The van der Waals surface area contributed by atoms with Gasteiger partial charge in [-0.15, -0.1) is 0 Å². The van der Waals surface area contributed by atoms with Crippen molar-refractivity contribution in [2.75, 3.05) is 6.61 Å². The molecule has 3 saturated carbocycles. The number of hydrogen-bond acceptors (Lipinski definition) is 6. The maximum Gasteiger partial charge on any atom is 0.310 e. The molecule has 6 nitrogen and oxygen atoms in total. The van der Waals surface area contributed by atoms with Gasteiger partial charge in [0.2, 0.25) is 0 Å². The third-order valence-corrected chi connectivity index (χ3v) is 11.4. The lowest BCUT2D eigenvalue weighted by molar-refractivity contribution is -0.204. The number of ketones is 1. The second-order valence-corrected chi connectivity index (χ2v) is 13.6. The van der Waals surface area contributed by atoms with Gasteiger partial charge in [0, 0.05) is 5.92 Å². The van der Waals surface area contributed by atoms with Crippen molar-refractivity contribution in [2.45, 2.75) is 79.6 Å². The number of rotatable bonds is 3. The van der Waals surface area contributed by atoms with Gasteiger partial charge in [-0.2, -0.15) is 0 Å². The molecule has 188 valence electrons. The van der Waals surface area contributed by atoms with Crippen LogP contribution in [-0.4, -0.2) is 51.5 Å². The Kier molecular flexibility index (Phi) is 4.72. The summed E-state index contributed by atoms with van der Waals surface area (Å²) >= 11 is 0. The minimum Gasteiger partial charge on any atom is -0.454 e. The first-order valence-corrected chi connectivity index (χ1v) is 12.7. The molecule has 0 aromatic carbocycles. The average Bonchev–Trinajstić information content (AvgIpc) is 3.39. The Labute approximate surface area is 202 Å². The zero-order chi connectivity index (χ0) is 25.4. The van der Waals surface area contributed by atoms with Gasteiger partial charge in [0.25, 0.3) is 0 Å². The molecule has 2 bridgehead atoms. The number of Topliss-reactive ketones (excluding diaryl/α,β-unsaturated/α-hetero) is 1. The number of carbonyl (C=O) groups excluding carboxylic acids is 2. The Morgan fingerprint density at radius 2 is 1.74 bits per heavy atom. The molecule has 0 aliphatic heterocycles. The van der Waals surface area contributed by atoms with E-state index in [4.69, 9.17) is 4.74 Å². The van der Waals surface area contributed by atoms with E-state index in [0.29, 0.717) is 11.5 Å². The van der Waals surface area contributed by atoms with Gasteiger partial charge in [0.15, 0.2) is 17.5 Å². The topological polar surface area (TPSA) is 104 Å². The lowest BCUT2D eigenvalue weighted by atomic mass is 9.59. The second-order valence-electron chi connectivity index (χ2n) is 13.6. The molecule has 6 heteroatoms. The van der Waals surface area contributed by atoms with Crippen molar-refractivity contribution < 1.29 is 29.6 Å². The zero-order valence-corrected chi connectivity index (χ0v) is 21.7. The number of fused-ring (bicyclic) bond motifs is 3. The molecule has 0 amide bonds. The first-order valence-electron chi connectivity index (χ1n) is 12.7. The van der Waals surface area contributed by atoms with Crippen LogP contribution >= 0.6 is 0 Å². The first-order chi connectivity index (χ1) is 15.5. The molecule has 3 fully saturated rings. The molecule has 8 atom stereocenters. The van der Waals surface area contributed by atoms with Crippen molar-refractivity contribution >= 4 is 11.8 Å². The Hall–Kier alpha value is -1.50. The number of aliphatic hydroxyl groups excluding tert-OH is 2. The van der Waals surface area contributed by atoms with Crippen LogP contribution in [0.15, 0.2) is 23.3 Å². The van der Waals surface area contributed by atoms with Crippen molar-refractivity contribution in [3.63, 3.8) is 0 Å². The summed E-state index contributed by atoms with van der Waals surface area (Å²) in [5.41, 5.74) is -3.17. The third kappa shape index (κ3) is 2.48. The average molecular weight is 473 g/mol. The number of ether oxygens (including phenoxy) is 1. The summed E-state index contributed by atoms with van der Waals surface area (Å²) in [5.74, 6) is -1.25. The minimum absolute atomic E-state index is 0.0208. The molecule has 0 radical (unpaired) electrons. The van der Waals surface area contributed by atoms with E-state index in [1.807, 2.05) is 34.6 Å². The van der Waals surface area contributed by atoms with Gasteiger partial charge >= 0.3 is 5.97 Å². The van der Waals surface area contributed by atoms with Crippen LogP contribution in [0, 0.1) is 51.2 Å². The minimum atomic E-state index is -2.07. The fourth-order valence-corrected chi connectivity index (χ4v) is 8.56. The molecule has 0 aromatic rings. The Bertz CT molecular complexity index is 1020. The van der Waals surface area contributed by atoms with Crippen LogP contribution in [0.1, 0.15) is 61.8 Å². The normalized spacial score (nSPS) is 47.4. The maximum atomic E-state index is 14.3. The first kappa shape index (κ1) is 24.2. The van der Waals surface area contributed by atoms with E-state index in [1.165, 1.54) is 0 Å². The van der Waals surface area contributed by atoms with Gasteiger partial charge in [-0.1, -0.05) is 60.6 Å². The predicted octanol–water partition coefficient (Wildman–Crippen LogP) is 3.05. The molecule has 34 heavy (non-hydrogen) atoms.